The Labute approximate surface area is 106 Å². The SMILES string of the molecule is N[C@@H](CCCC(=O)OCc1ccccc1)C(=O)O. The van der Waals surface area contributed by atoms with Crippen LogP contribution in [0.25, 0.3) is 0 Å². The number of nitrogens with two attached hydrogens (primary N) is 1. The molecule has 0 fully saturated rings. The quantitative estimate of drug-likeness (QED) is 0.713. The fraction of sp³-hybridized carbons (Fsp3) is 0.385. The number of carbonyl (C=O) groups is 2. The second-order valence-corrected chi connectivity index (χ2v) is 3.98. The van der Waals surface area contributed by atoms with Crippen LogP contribution in [-0.4, -0.2) is 23.1 Å². The van der Waals surface area contributed by atoms with Crippen LogP contribution < -0.4 is 5.73 Å². The Bertz CT molecular complexity index is 391. The van der Waals surface area contributed by atoms with Crippen LogP contribution in [0.5, 0.6) is 0 Å². The van der Waals surface area contributed by atoms with Gasteiger partial charge >= 0.3 is 11.9 Å². The van der Waals surface area contributed by atoms with Gasteiger partial charge in [0.1, 0.15) is 12.6 Å². The van der Waals surface area contributed by atoms with Crippen molar-refractivity contribution >= 4 is 11.9 Å². The molecule has 5 nitrogen and oxygen atoms in total. The summed E-state index contributed by atoms with van der Waals surface area (Å²) < 4.78 is 5.04. The number of carbonyl (C=O) groups excluding carboxylic acids is 1. The Morgan fingerprint density at radius 3 is 2.56 bits per heavy atom. The molecule has 0 aliphatic carbocycles. The van der Waals surface area contributed by atoms with E-state index in [1.165, 1.54) is 0 Å². The number of hydrogen-bond acceptors (Lipinski definition) is 4. The highest BCUT2D eigenvalue weighted by atomic mass is 16.5. The first kappa shape index (κ1) is 14.2. The Kier molecular flexibility index (Phi) is 5.87. The molecule has 0 radical (unpaired) electrons. The monoisotopic (exact) mass is 251 g/mol. The number of carboxylic acid groups (broad SMARTS) is 1. The minimum absolute atomic E-state index is 0.188. The van der Waals surface area contributed by atoms with Crippen molar-refractivity contribution in [1.29, 1.82) is 0 Å². The number of benzene rings is 1. The summed E-state index contributed by atoms with van der Waals surface area (Å²) in [6.45, 7) is 0.241. The first-order valence-electron chi connectivity index (χ1n) is 5.77. The van der Waals surface area contributed by atoms with Crippen molar-refractivity contribution in [2.45, 2.75) is 31.9 Å². The lowest BCUT2D eigenvalue weighted by atomic mass is 10.1. The highest BCUT2D eigenvalue weighted by molar-refractivity contribution is 5.73. The second kappa shape index (κ2) is 7.45. The van der Waals surface area contributed by atoms with E-state index in [1.54, 1.807) is 0 Å². The van der Waals surface area contributed by atoms with E-state index in [2.05, 4.69) is 0 Å². The molecule has 1 rings (SSSR count). The second-order valence-electron chi connectivity index (χ2n) is 3.98. The molecule has 18 heavy (non-hydrogen) atoms. The van der Waals surface area contributed by atoms with Gasteiger partial charge in [0.2, 0.25) is 0 Å². The maximum atomic E-state index is 11.4. The van der Waals surface area contributed by atoms with Gasteiger partial charge < -0.3 is 15.6 Å². The summed E-state index contributed by atoms with van der Waals surface area (Å²) in [6, 6.07) is 8.45. The molecule has 1 atom stereocenters. The van der Waals surface area contributed by atoms with Crippen molar-refractivity contribution in [3.05, 3.63) is 35.9 Å². The normalized spacial score (nSPS) is 11.8. The lowest BCUT2D eigenvalue weighted by Crippen LogP contribution is -2.29. The Morgan fingerprint density at radius 1 is 1.28 bits per heavy atom. The lowest BCUT2D eigenvalue weighted by molar-refractivity contribution is -0.145. The van der Waals surface area contributed by atoms with Gasteiger partial charge in [-0.15, -0.1) is 0 Å². The van der Waals surface area contributed by atoms with E-state index in [0.29, 0.717) is 6.42 Å². The molecule has 0 amide bonds. The molecule has 0 aromatic heterocycles. The van der Waals surface area contributed by atoms with E-state index in [4.69, 9.17) is 15.6 Å². The largest absolute Gasteiger partial charge is 0.480 e. The third-order valence-electron chi connectivity index (χ3n) is 2.46. The van der Waals surface area contributed by atoms with Gasteiger partial charge in [-0.1, -0.05) is 30.3 Å². The molecule has 98 valence electrons. The van der Waals surface area contributed by atoms with Crippen molar-refractivity contribution in [1.82, 2.24) is 0 Å². The standard InChI is InChI=1S/C13H17NO4/c14-11(13(16)17)7-4-8-12(15)18-9-10-5-2-1-3-6-10/h1-3,5-6,11H,4,7-9,14H2,(H,16,17)/t11-/m0/s1. The molecule has 0 bridgehead atoms. The molecule has 1 aromatic carbocycles. The fourth-order valence-electron chi connectivity index (χ4n) is 1.40. The van der Waals surface area contributed by atoms with Gasteiger partial charge in [-0.05, 0) is 18.4 Å². The molecule has 0 aliphatic rings. The van der Waals surface area contributed by atoms with Crippen LogP contribution in [-0.2, 0) is 20.9 Å². The van der Waals surface area contributed by atoms with Crippen molar-refractivity contribution < 1.29 is 19.4 Å². The molecule has 3 N–H and O–H groups in total. The van der Waals surface area contributed by atoms with Gasteiger partial charge in [0.05, 0.1) is 0 Å². The summed E-state index contributed by atoms with van der Waals surface area (Å²) in [7, 11) is 0. The van der Waals surface area contributed by atoms with E-state index in [-0.39, 0.29) is 25.4 Å². The molecular formula is C13H17NO4. The summed E-state index contributed by atoms with van der Waals surface area (Å²) in [5.41, 5.74) is 6.24. The van der Waals surface area contributed by atoms with Gasteiger partial charge in [-0.2, -0.15) is 0 Å². The highest BCUT2D eigenvalue weighted by Gasteiger charge is 2.12. The Hall–Kier alpha value is -1.88. The van der Waals surface area contributed by atoms with Gasteiger partial charge in [-0.3, -0.25) is 9.59 Å². The first-order valence-corrected chi connectivity index (χ1v) is 5.77. The number of ether oxygens (including phenoxy) is 1. The third kappa shape index (κ3) is 5.45. The van der Waals surface area contributed by atoms with Crippen LogP contribution in [0.1, 0.15) is 24.8 Å². The minimum Gasteiger partial charge on any atom is -0.480 e. The van der Waals surface area contributed by atoms with Gasteiger partial charge in [0.15, 0.2) is 0 Å². The van der Waals surface area contributed by atoms with Crippen LogP contribution in [0.4, 0.5) is 0 Å². The molecule has 0 spiro atoms. The summed E-state index contributed by atoms with van der Waals surface area (Å²) in [5, 5.41) is 8.56. The average molecular weight is 251 g/mol. The number of hydrogen-bond donors (Lipinski definition) is 2. The molecule has 5 heteroatoms. The average Bonchev–Trinajstić information content (AvgIpc) is 2.37. The van der Waals surface area contributed by atoms with Crippen molar-refractivity contribution in [2.75, 3.05) is 0 Å². The van der Waals surface area contributed by atoms with Crippen molar-refractivity contribution in [2.24, 2.45) is 5.73 Å². The Balaban J connectivity index is 2.17. The van der Waals surface area contributed by atoms with Gasteiger partial charge in [0, 0.05) is 6.42 Å². The Morgan fingerprint density at radius 2 is 1.94 bits per heavy atom. The number of rotatable bonds is 7. The predicted octanol–water partition coefficient (Wildman–Crippen LogP) is 1.31. The minimum atomic E-state index is -1.05. The van der Waals surface area contributed by atoms with Crippen LogP contribution >= 0.6 is 0 Å². The van der Waals surface area contributed by atoms with Crippen LogP contribution in [0.2, 0.25) is 0 Å². The summed E-state index contributed by atoms with van der Waals surface area (Å²) in [5.74, 6) is -1.39. The molecule has 0 aliphatic heterocycles. The number of carboxylic acids is 1. The van der Waals surface area contributed by atoms with E-state index in [0.717, 1.165) is 5.56 Å². The summed E-state index contributed by atoms with van der Waals surface area (Å²) >= 11 is 0. The van der Waals surface area contributed by atoms with Crippen LogP contribution in [0.3, 0.4) is 0 Å². The predicted molar refractivity (Wildman–Crippen MR) is 65.7 cm³/mol. The molecule has 0 heterocycles. The zero-order valence-electron chi connectivity index (χ0n) is 10.0. The highest BCUT2D eigenvalue weighted by Crippen LogP contribution is 2.05. The van der Waals surface area contributed by atoms with E-state index < -0.39 is 12.0 Å². The number of aliphatic carboxylic acids is 1. The molecule has 1 aromatic rings. The van der Waals surface area contributed by atoms with Crippen molar-refractivity contribution in [3.63, 3.8) is 0 Å². The lowest BCUT2D eigenvalue weighted by Gasteiger charge is -2.06. The first-order chi connectivity index (χ1) is 8.59. The summed E-state index contributed by atoms with van der Waals surface area (Å²) in [4.78, 5) is 21.8. The van der Waals surface area contributed by atoms with Crippen LogP contribution in [0.15, 0.2) is 30.3 Å². The molecule has 0 unspecified atom stereocenters. The fourth-order valence-corrected chi connectivity index (χ4v) is 1.40. The molecule has 0 saturated heterocycles. The van der Waals surface area contributed by atoms with E-state index >= 15 is 0 Å². The zero-order chi connectivity index (χ0) is 13.4. The number of esters is 1. The maximum absolute atomic E-state index is 11.4. The molecular weight excluding hydrogens is 234 g/mol. The topological polar surface area (TPSA) is 89.6 Å². The van der Waals surface area contributed by atoms with Gasteiger partial charge in [0.25, 0.3) is 0 Å². The smallest absolute Gasteiger partial charge is 0.320 e. The van der Waals surface area contributed by atoms with Crippen LogP contribution in [0, 0.1) is 0 Å². The zero-order valence-corrected chi connectivity index (χ0v) is 10.0. The van der Waals surface area contributed by atoms with Gasteiger partial charge in [-0.25, -0.2) is 0 Å². The summed E-state index contributed by atoms with van der Waals surface area (Å²) in [6.07, 6.45) is 0.880. The third-order valence-corrected chi connectivity index (χ3v) is 2.46. The van der Waals surface area contributed by atoms with E-state index in [9.17, 15) is 9.59 Å². The van der Waals surface area contributed by atoms with Crippen molar-refractivity contribution in [3.8, 4) is 0 Å². The molecule has 0 saturated carbocycles. The van der Waals surface area contributed by atoms with E-state index in [1.807, 2.05) is 30.3 Å². The maximum Gasteiger partial charge on any atom is 0.320 e.